The van der Waals surface area contributed by atoms with Crippen molar-refractivity contribution in [2.24, 2.45) is 11.5 Å². The Balaban J connectivity index is 2.61. The molecule has 1 rings (SSSR count). The van der Waals surface area contributed by atoms with Gasteiger partial charge in [-0.1, -0.05) is 102 Å². The largest absolute Gasteiger partial charge is 0.508 e. The van der Waals surface area contributed by atoms with Crippen molar-refractivity contribution >= 4 is 17.8 Å². The van der Waals surface area contributed by atoms with E-state index in [1.807, 2.05) is 0 Å². The van der Waals surface area contributed by atoms with Gasteiger partial charge in [0.05, 0.1) is 0 Å². The molecular formula is C33H57N3O5. The average Bonchev–Trinajstić information content (AvgIpc) is 2.95. The van der Waals surface area contributed by atoms with Crippen LogP contribution < -0.4 is 11.5 Å². The van der Waals surface area contributed by atoms with Crippen molar-refractivity contribution < 1.29 is 24.6 Å². The fraction of sp³-hybridized carbons (Fsp3) is 0.727. The van der Waals surface area contributed by atoms with Crippen LogP contribution in [0.2, 0.25) is 0 Å². The predicted octanol–water partition coefficient (Wildman–Crippen LogP) is 6.46. The Kier molecular flexibility index (Phi) is 21.6. The molecule has 0 heterocycles. The maximum absolute atomic E-state index is 13.3. The average molecular weight is 576 g/mol. The van der Waals surface area contributed by atoms with Crippen molar-refractivity contribution in [3.8, 4) is 5.75 Å². The number of aromatic hydroxyl groups is 1. The van der Waals surface area contributed by atoms with Gasteiger partial charge in [-0.05, 0) is 56.5 Å². The quantitative estimate of drug-likeness (QED) is 0.0926. The number of hydrogen-bond donors (Lipinski definition) is 4. The van der Waals surface area contributed by atoms with Gasteiger partial charge in [-0.3, -0.25) is 14.5 Å². The lowest BCUT2D eigenvalue weighted by Crippen LogP contribution is -2.49. The topological polar surface area (TPSA) is 147 Å². The normalized spacial score (nSPS) is 11.9. The number of benzene rings is 1. The first-order valence-corrected chi connectivity index (χ1v) is 16.2. The summed E-state index contributed by atoms with van der Waals surface area (Å²) < 4.78 is 0. The summed E-state index contributed by atoms with van der Waals surface area (Å²) in [6, 6.07) is 4.97. The van der Waals surface area contributed by atoms with Crippen LogP contribution in [-0.4, -0.2) is 52.0 Å². The van der Waals surface area contributed by atoms with Gasteiger partial charge in [-0.15, -0.1) is 0 Å². The zero-order valence-electron chi connectivity index (χ0n) is 25.4. The Morgan fingerprint density at radius 1 is 0.585 bits per heavy atom. The van der Waals surface area contributed by atoms with Crippen LogP contribution in [0.15, 0.2) is 24.3 Å². The highest BCUT2D eigenvalue weighted by atomic mass is 16.4. The van der Waals surface area contributed by atoms with Crippen LogP contribution in [0.4, 0.5) is 0 Å². The van der Waals surface area contributed by atoms with Crippen molar-refractivity contribution in [1.82, 2.24) is 4.90 Å². The van der Waals surface area contributed by atoms with E-state index in [1.54, 1.807) is 12.1 Å². The molecule has 0 saturated carbocycles. The van der Waals surface area contributed by atoms with Gasteiger partial charge < -0.3 is 21.7 Å². The monoisotopic (exact) mass is 575 g/mol. The van der Waals surface area contributed by atoms with Gasteiger partial charge in [0, 0.05) is 19.3 Å². The number of aliphatic carboxylic acids is 1. The maximum Gasteiger partial charge on any atom is 0.327 e. The number of hydrogen-bond acceptors (Lipinski definition) is 6. The molecule has 8 nitrogen and oxygen atoms in total. The number of unbranched alkanes of at least 4 members (excludes halogenated alkanes) is 16. The van der Waals surface area contributed by atoms with Gasteiger partial charge in [0.2, 0.25) is 11.8 Å². The predicted molar refractivity (Wildman–Crippen MR) is 166 cm³/mol. The molecule has 0 bridgehead atoms. The first-order valence-electron chi connectivity index (χ1n) is 16.2. The Labute approximate surface area is 248 Å². The smallest absolute Gasteiger partial charge is 0.327 e. The molecule has 8 heteroatoms. The summed E-state index contributed by atoms with van der Waals surface area (Å²) in [5.41, 5.74) is 11.7. The molecule has 0 fully saturated rings. The van der Waals surface area contributed by atoms with E-state index in [9.17, 15) is 24.6 Å². The second kappa shape index (κ2) is 24.2. The minimum absolute atomic E-state index is 0.0153. The number of rotatable bonds is 26. The molecule has 0 aliphatic rings. The second-order valence-corrected chi connectivity index (χ2v) is 11.3. The van der Waals surface area contributed by atoms with E-state index >= 15 is 0 Å². The van der Waals surface area contributed by atoms with E-state index in [4.69, 9.17) is 11.5 Å². The number of nitrogens with two attached hydrogens (primary N) is 2. The molecule has 0 saturated heterocycles. The summed E-state index contributed by atoms with van der Waals surface area (Å²) in [7, 11) is 0. The van der Waals surface area contributed by atoms with Crippen LogP contribution in [0.3, 0.4) is 0 Å². The number of carbonyl (C=O) groups is 3. The fourth-order valence-corrected chi connectivity index (χ4v) is 5.19. The highest BCUT2D eigenvalue weighted by molar-refractivity contribution is 5.99. The molecule has 0 unspecified atom stereocenters. The summed E-state index contributed by atoms with van der Waals surface area (Å²) in [6.07, 6.45) is 19.4. The van der Waals surface area contributed by atoms with Crippen molar-refractivity contribution in [3.05, 3.63) is 29.8 Å². The highest BCUT2D eigenvalue weighted by Crippen LogP contribution is 2.19. The minimum atomic E-state index is -1.26. The molecule has 1 aromatic carbocycles. The van der Waals surface area contributed by atoms with Gasteiger partial charge in [-0.25, -0.2) is 4.79 Å². The van der Waals surface area contributed by atoms with E-state index in [-0.39, 0.29) is 25.0 Å². The molecule has 0 aliphatic heterocycles. The van der Waals surface area contributed by atoms with E-state index in [0.717, 1.165) is 69.4 Å². The SMILES string of the molecule is NCCCCCCCCCCCC(=O)N(C(=O)CCCCCCCCCCCN)[C@@H](Cc1ccc(O)cc1)C(=O)O. The van der Waals surface area contributed by atoms with Crippen LogP contribution in [-0.2, 0) is 20.8 Å². The molecule has 2 amide bonds. The molecule has 0 spiro atoms. The first-order chi connectivity index (χ1) is 19.9. The number of carboxylic acids is 1. The van der Waals surface area contributed by atoms with Gasteiger partial charge in [0.15, 0.2) is 0 Å². The summed E-state index contributed by atoms with van der Waals surface area (Å²) in [5, 5.41) is 19.6. The Morgan fingerprint density at radius 2 is 0.927 bits per heavy atom. The lowest BCUT2D eigenvalue weighted by molar-refractivity contribution is -0.158. The van der Waals surface area contributed by atoms with Crippen LogP contribution >= 0.6 is 0 Å². The van der Waals surface area contributed by atoms with E-state index in [2.05, 4.69) is 0 Å². The maximum atomic E-state index is 13.3. The third-order valence-corrected chi connectivity index (χ3v) is 7.69. The fourth-order valence-electron chi connectivity index (χ4n) is 5.19. The summed E-state index contributed by atoms with van der Waals surface area (Å²) >= 11 is 0. The van der Waals surface area contributed by atoms with Crippen LogP contribution in [0.1, 0.15) is 134 Å². The summed E-state index contributed by atoms with van der Waals surface area (Å²) in [5.74, 6) is -1.92. The Hall–Kier alpha value is -2.45. The number of nitrogens with zero attached hydrogens (tertiary/aromatic N) is 1. The third kappa shape index (κ3) is 17.9. The number of amides is 2. The zero-order valence-corrected chi connectivity index (χ0v) is 25.4. The molecule has 1 atom stereocenters. The lowest BCUT2D eigenvalue weighted by Gasteiger charge is -2.28. The van der Waals surface area contributed by atoms with Gasteiger partial charge in [0.1, 0.15) is 11.8 Å². The van der Waals surface area contributed by atoms with Crippen molar-refractivity contribution in [1.29, 1.82) is 0 Å². The van der Waals surface area contributed by atoms with Crippen LogP contribution in [0.5, 0.6) is 5.75 Å². The van der Waals surface area contributed by atoms with E-state index in [1.165, 1.54) is 63.5 Å². The number of imide groups is 1. The number of phenols is 1. The highest BCUT2D eigenvalue weighted by Gasteiger charge is 2.34. The van der Waals surface area contributed by atoms with Gasteiger partial charge in [-0.2, -0.15) is 0 Å². The molecule has 0 aromatic heterocycles. The molecule has 0 radical (unpaired) electrons. The number of carbonyl (C=O) groups excluding carboxylic acids is 2. The van der Waals surface area contributed by atoms with E-state index < -0.39 is 23.8 Å². The minimum Gasteiger partial charge on any atom is -0.508 e. The van der Waals surface area contributed by atoms with Crippen LogP contribution in [0, 0.1) is 0 Å². The number of carboxylic acid groups (broad SMARTS) is 1. The molecule has 234 valence electrons. The lowest BCUT2D eigenvalue weighted by atomic mass is 10.0. The third-order valence-electron chi connectivity index (χ3n) is 7.69. The summed E-state index contributed by atoms with van der Waals surface area (Å²) in [4.78, 5) is 39.9. The van der Waals surface area contributed by atoms with Gasteiger partial charge >= 0.3 is 5.97 Å². The zero-order chi connectivity index (χ0) is 30.1. The van der Waals surface area contributed by atoms with Crippen molar-refractivity contribution in [2.45, 2.75) is 141 Å². The van der Waals surface area contributed by atoms with Crippen molar-refractivity contribution in [2.75, 3.05) is 13.1 Å². The second-order valence-electron chi connectivity index (χ2n) is 11.3. The Bertz CT molecular complexity index is 795. The van der Waals surface area contributed by atoms with Gasteiger partial charge in [0.25, 0.3) is 0 Å². The molecule has 0 aliphatic carbocycles. The summed E-state index contributed by atoms with van der Waals surface area (Å²) in [6.45, 7) is 1.50. The molecule has 41 heavy (non-hydrogen) atoms. The van der Waals surface area contributed by atoms with Crippen molar-refractivity contribution in [3.63, 3.8) is 0 Å². The number of phenolic OH excluding ortho intramolecular Hbond substituents is 1. The molecular weight excluding hydrogens is 518 g/mol. The molecule has 1 aromatic rings. The first kappa shape index (κ1) is 36.6. The van der Waals surface area contributed by atoms with E-state index in [0.29, 0.717) is 18.4 Å². The molecule has 6 N–H and O–H groups in total. The Morgan fingerprint density at radius 3 is 1.27 bits per heavy atom. The standard InChI is InChI=1S/C33H57N3O5/c34-25-17-13-9-5-1-3-7-11-15-19-31(38)36(30(33(40)41)27-28-21-23-29(37)24-22-28)32(39)20-16-12-8-4-2-6-10-14-18-26-35/h21-24,30,37H,1-20,25-27,34-35H2,(H,40,41)/t30-/m0/s1. The van der Waals surface area contributed by atoms with Crippen LogP contribution in [0.25, 0.3) is 0 Å².